The number of rotatable bonds is 3. The maximum atomic E-state index is 2.67. The molecule has 0 aromatic heterocycles. The highest BCUT2D eigenvalue weighted by molar-refractivity contribution is 7.00. The Bertz CT molecular complexity index is 4260. The van der Waals surface area contributed by atoms with Crippen LogP contribution in [0.1, 0.15) is 105 Å². The molecule has 0 fully saturated rings. The van der Waals surface area contributed by atoms with E-state index in [4.69, 9.17) is 0 Å². The van der Waals surface area contributed by atoms with Gasteiger partial charge in [0.15, 0.2) is 0 Å². The smallest absolute Gasteiger partial charge is 0.252 e. The van der Waals surface area contributed by atoms with Crippen LogP contribution in [0.2, 0.25) is 0 Å². The van der Waals surface area contributed by atoms with Gasteiger partial charge in [0.1, 0.15) is 0 Å². The van der Waals surface area contributed by atoms with Crippen molar-refractivity contribution in [2.24, 2.45) is 0 Å². The van der Waals surface area contributed by atoms with Gasteiger partial charge in [-0.15, -0.1) is 0 Å². The average molecular weight is 1020 g/mol. The van der Waals surface area contributed by atoms with E-state index in [1.165, 1.54) is 149 Å². The van der Waals surface area contributed by atoms with Crippen LogP contribution in [-0.2, 0) is 21.7 Å². The van der Waals surface area contributed by atoms with Gasteiger partial charge in [-0.3, -0.25) is 0 Å². The van der Waals surface area contributed by atoms with Gasteiger partial charge in [0, 0.05) is 34.1 Å². The van der Waals surface area contributed by atoms with Crippen molar-refractivity contribution in [3.05, 3.63) is 222 Å². The Morgan fingerprint density at radius 2 is 0.557 bits per heavy atom. The molecule has 14 rings (SSSR count). The molecule has 0 atom stereocenters. The summed E-state index contributed by atoms with van der Waals surface area (Å²) in [6.45, 7) is 28.3. The van der Waals surface area contributed by atoms with Crippen molar-refractivity contribution >= 4 is 122 Å². The van der Waals surface area contributed by atoms with Crippen molar-refractivity contribution in [1.29, 1.82) is 0 Å². The van der Waals surface area contributed by atoms with Crippen LogP contribution < -0.4 is 26.2 Å². The summed E-state index contributed by atoms with van der Waals surface area (Å²) in [6, 6.07) is 78.2. The zero-order valence-electron chi connectivity index (χ0n) is 48.0. The molecule has 0 saturated heterocycles. The molecule has 0 radical (unpaired) electrons. The van der Waals surface area contributed by atoms with Crippen LogP contribution in [0.5, 0.6) is 0 Å². The molecule has 0 aliphatic carbocycles. The summed E-state index contributed by atoms with van der Waals surface area (Å²) in [5.41, 5.74) is 18.5. The second kappa shape index (κ2) is 17.2. The van der Waals surface area contributed by atoms with Crippen molar-refractivity contribution in [3.63, 3.8) is 0 Å². The van der Waals surface area contributed by atoms with E-state index in [0.29, 0.717) is 0 Å². The van der Waals surface area contributed by atoms with Gasteiger partial charge in [-0.05, 0) is 227 Å². The first-order valence-corrected chi connectivity index (χ1v) is 28.6. The third-order valence-electron chi connectivity index (χ3n) is 17.6. The first kappa shape index (κ1) is 49.2. The molecule has 0 bridgehead atoms. The lowest BCUT2D eigenvalue weighted by atomic mass is 9.33. The summed E-state index contributed by atoms with van der Waals surface area (Å²) in [7, 11) is 0. The molecule has 12 aromatic carbocycles. The van der Waals surface area contributed by atoms with Crippen LogP contribution in [0.3, 0.4) is 0 Å². The summed E-state index contributed by atoms with van der Waals surface area (Å²) in [5.74, 6) is 0. The molecule has 2 nitrogen and oxygen atoms in total. The molecule has 2 aliphatic heterocycles. The Balaban J connectivity index is 1.16. The van der Waals surface area contributed by atoms with Crippen LogP contribution >= 0.6 is 0 Å². The zero-order chi connectivity index (χ0) is 54.7. The number of fused-ring (bicyclic) bond motifs is 10. The van der Waals surface area contributed by atoms with E-state index in [2.05, 4.69) is 293 Å². The average Bonchev–Trinajstić information content (AvgIpc) is 2.87. The number of nitrogens with zero attached hydrogens (tertiary/aromatic N) is 2. The minimum atomic E-state index is -0.0974. The molecule has 0 spiro atoms. The largest absolute Gasteiger partial charge is 0.311 e. The number of hydrogen-bond donors (Lipinski definition) is 0. The molecule has 3 heteroatoms. The second-order valence-electron chi connectivity index (χ2n) is 27.2. The van der Waals surface area contributed by atoms with Gasteiger partial charge in [0.2, 0.25) is 0 Å². The zero-order valence-corrected chi connectivity index (χ0v) is 48.0. The fourth-order valence-electron chi connectivity index (χ4n) is 12.9. The summed E-state index contributed by atoms with van der Waals surface area (Å²) < 4.78 is 0. The molecule has 386 valence electrons. The van der Waals surface area contributed by atoms with Crippen LogP contribution in [0, 0.1) is 0 Å². The number of hydrogen-bond acceptors (Lipinski definition) is 2. The molecule has 79 heavy (non-hydrogen) atoms. The van der Waals surface area contributed by atoms with Crippen LogP contribution in [0.15, 0.2) is 200 Å². The molecule has 12 aromatic rings. The molecular weight excluding hydrogens is 952 g/mol. The van der Waals surface area contributed by atoms with Crippen LogP contribution in [-0.4, -0.2) is 6.71 Å². The lowest BCUT2D eigenvalue weighted by molar-refractivity contribution is 0.568. The lowest BCUT2D eigenvalue weighted by Crippen LogP contribution is -2.61. The SMILES string of the molecule is CC(C)(C)c1cc(N2c3cc4cc5ccccc5cc4cc3B3c4cc5cc6ccccc6cc5cc4N(c4cc(C(C)(C)C)cc(C(C)(C)C)c4)c4cc(-c5ccc6cc7ccccc7cc6c5)cc2c43)cc(C(C)(C)C)c1. The topological polar surface area (TPSA) is 6.48 Å². The lowest BCUT2D eigenvalue weighted by Gasteiger charge is -2.45. The summed E-state index contributed by atoms with van der Waals surface area (Å²) in [6.07, 6.45) is 0. The van der Waals surface area contributed by atoms with Gasteiger partial charge >= 0.3 is 0 Å². The molecule has 2 aliphatic rings. The Morgan fingerprint density at radius 3 is 0.899 bits per heavy atom. The highest BCUT2D eigenvalue weighted by Crippen LogP contribution is 2.50. The van der Waals surface area contributed by atoms with Gasteiger partial charge in [-0.25, -0.2) is 0 Å². The van der Waals surface area contributed by atoms with Gasteiger partial charge < -0.3 is 9.80 Å². The molecular formula is C76H69BN2. The van der Waals surface area contributed by atoms with E-state index < -0.39 is 0 Å². The van der Waals surface area contributed by atoms with Gasteiger partial charge in [0.25, 0.3) is 6.71 Å². The van der Waals surface area contributed by atoms with E-state index in [9.17, 15) is 0 Å². The van der Waals surface area contributed by atoms with Crippen molar-refractivity contribution in [1.82, 2.24) is 0 Å². The first-order chi connectivity index (χ1) is 37.6. The van der Waals surface area contributed by atoms with Crippen molar-refractivity contribution < 1.29 is 0 Å². The molecule has 0 N–H and O–H groups in total. The fraction of sp³-hybridized carbons (Fsp3) is 0.211. The molecule has 2 heterocycles. The normalized spacial score (nSPS) is 13.7. The predicted molar refractivity (Wildman–Crippen MR) is 346 cm³/mol. The standard InChI is InChI=1S/C76H69BN2/c1-73(2,3)60-40-61(74(4,5)6)43-64(42-60)78-68-36-57-31-50-23-17-15-21-48(50)29-55(57)34-66(68)77-67-35-56-30-49-22-16-18-24-51(49)32-58(56)37-69(67)79(65-44-62(75(7,8)9)41-63(45-65)76(10,11)12)71-39-59(38-70(78)72(71)77)53-26-25-52-27-46-19-13-14-20-47(46)28-54(52)33-53/h13-45H,1-12H3. The van der Waals surface area contributed by atoms with Crippen molar-refractivity contribution in [3.8, 4) is 11.1 Å². The maximum absolute atomic E-state index is 2.67. The maximum Gasteiger partial charge on any atom is 0.252 e. The Labute approximate surface area is 467 Å². The van der Waals surface area contributed by atoms with E-state index >= 15 is 0 Å². The van der Waals surface area contributed by atoms with E-state index in [-0.39, 0.29) is 28.4 Å². The Kier molecular flexibility index (Phi) is 10.7. The molecule has 0 saturated carbocycles. The van der Waals surface area contributed by atoms with E-state index in [1.54, 1.807) is 0 Å². The highest BCUT2D eigenvalue weighted by atomic mass is 15.2. The van der Waals surface area contributed by atoms with Gasteiger partial charge in [-0.2, -0.15) is 0 Å². The third-order valence-corrected chi connectivity index (χ3v) is 17.6. The predicted octanol–water partition coefficient (Wildman–Crippen LogP) is 19.5. The minimum Gasteiger partial charge on any atom is -0.311 e. The second-order valence-corrected chi connectivity index (χ2v) is 27.2. The monoisotopic (exact) mass is 1020 g/mol. The number of benzene rings is 12. The van der Waals surface area contributed by atoms with E-state index in [0.717, 1.165) is 0 Å². The third kappa shape index (κ3) is 8.22. The van der Waals surface area contributed by atoms with Crippen LogP contribution in [0.4, 0.5) is 34.1 Å². The van der Waals surface area contributed by atoms with Crippen molar-refractivity contribution in [2.75, 3.05) is 9.80 Å². The van der Waals surface area contributed by atoms with Gasteiger partial charge in [-0.1, -0.05) is 192 Å². The Morgan fingerprint density at radius 1 is 0.253 bits per heavy atom. The van der Waals surface area contributed by atoms with Crippen LogP contribution in [0.25, 0.3) is 75.8 Å². The van der Waals surface area contributed by atoms with E-state index in [1.807, 2.05) is 0 Å². The number of anilines is 6. The highest BCUT2D eigenvalue weighted by Gasteiger charge is 2.45. The Hall–Kier alpha value is -8.14. The van der Waals surface area contributed by atoms with Gasteiger partial charge in [0.05, 0.1) is 0 Å². The summed E-state index contributed by atoms with van der Waals surface area (Å²) in [5, 5.41) is 15.0. The first-order valence-electron chi connectivity index (χ1n) is 28.6. The van der Waals surface area contributed by atoms with Crippen molar-refractivity contribution in [2.45, 2.75) is 105 Å². The fourth-order valence-corrected chi connectivity index (χ4v) is 12.9. The quantitative estimate of drug-likeness (QED) is 0.129. The molecule has 0 unspecified atom stereocenters. The minimum absolute atomic E-state index is 0.0907. The summed E-state index contributed by atoms with van der Waals surface area (Å²) >= 11 is 0. The summed E-state index contributed by atoms with van der Waals surface area (Å²) in [4.78, 5) is 5.34. The molecule has 0 amide bonds.